The van der Waals surface area contributed by atoms with Gasteiger partial charge in [0.05, 0.1) is 11.0 Å². The van der Waals surface area contributed by atoms with Gasteiger partial charge in [-0.25, -0.2) is 0 Å². The van der Waals surface area contributed by atoms with E-state index >= 15 is 0 Å². The standard InChI is InChI=1S/C58H38N2/c1-4-17-43(18-5-1)59(44-19-6-2-7-20-44)46-32-28-39(29-33-46)40-30-35-53-56(38-40)60(45-21-8-3-9-22-45)58-47-23-11-10-16-41(47)36-54(57(53)58)42-31-34-52-50-26-13-12-24-48(50)49-25-14-15-27-51(49)55(52)37-42/h1-38H. The molecule has 0 saturated heterocycles. The summed E-state index contributed by atoms with van der Waals surface area (Å²) in [6, 6.07) is 84.2. The summed E-state index contributed by atoms with van der Waals surface area (Å²) in [7, 11) is 0. The van der Waals surface area contributed by atoms with E-state index in [2.05, 4.69) is 240 Å². The van der Waals surface area contributed by atoms with Crippen LogP contribution in [0.1, 0.15) is 0 Å². The van der Waals surface area contributed by atoms with E-state index in [9.17, 15) is 0 Å². The first-order valence-electron chi connectivity index (χ1n) is 20.7. The summed E-state index contributed by atoms with van der Waals surface area (Å²) in [5.41, 5.74) is 11.7. The fourth-order valence-corrected chi connectivity index (χ4v) is 9.61. The van der Waals surface area contributed by atoms with E-state index in [0.29, 0.717) is 0 Å². The summed E-state index contributed by atoms with van der Waals surface area (Å²) in [6.07, 6.45) is 0. The molecule has 2 nitrogen and oxygen atoms in total. The predicted octanol–water partition coefficient (Wildman–Crippen LogP) is 16.2. The van der Waals surface area contributed by atoms with Gasteiger partial charge in [-0.2, -0.15) is 0 Å². The Labute approximate surface area is 348 Å². The monoisotopic (exact) mass is 762 g/mol. The number of fused-ring (bicyclic) bond motifs is 11. The number of rotatable bonds is 6. The molecule has 0 radical (unpaired) electrons. The lowest BCUT2D eigenvalue weighted by Crippen LogP contribution is -2.09. The Balaban J connectivity index is 1.09. The maximum Gasteiger partial charge on any atom is 0.0625 e. The molecule has 12 aromatic rings. The van der Waals surface area contributed by atoms with Gasteiger partial charge in [-0.1, -0.05) is 164 Å². The van der Waals surface area contributed by atoms with Crippen molar-refractivity contribution in [1.29, 1.82) is 0 Å². The normalized spacial score (nSPS) is 11.7. The topological polar surface area (TPSA) is 8.17 Å². The third kappa shape index (κ3) is 5.42. The second kappa shape index (κ2) is 13.9. The van der Waals surface area contributed by atoms with E-state index in [1.165, 1.54) is 87.1 Å². The number of benzene rings is 11. The van der Waals surface area contributed by atoms with Crippen LogP contribution in [0, 0.1) is 0 Å². The lowest BCUT2D eigenvalue weighted by molar-refractivity contribution is 1.19. The second-order valence-electron chi connectivity index (χ2n) is 15.7. The molecule has 1 aromatic heterocycles. The van der Waals surface area contributed by atoms with Crippen molar-refractivity contribution < 1.29 is 0 Å². The lowest BCUT2D eigenvalue weighted by atomic mass is 9.90. The van der Waals surface area contributed by atoms with Crippen molar-refractivity contribution in [3.63, 3.8) is 0 Å². The van der Waals surface area contributed by atoms with Gasteiger partial charge in [-0.05, 0) is 127 Å². The average Bonchev–Trinajstić information content (AvgIpc) is 3.67. The first kappa shape index (κ1) is 34.1. The summed E-state index contributed by atoms with van der Waals surface area (Å²) in [5.74, 6) is 0. The van der Waals surface area contributed by atoms with Crippen LogP contribution >= 0.6 is 0 Å². The van der Waals surface area contributed by atoms with Gasteiger partial charge in [0, 0.05) is 38.9 Å². The number of nitrogens with zero attached hydrogens (tertiary/aromatic N) is 2. The Hall–Kier alpha value is -7.94. The van der Waals surface area contributed by atoms with Crippen LogP contribution in [0.15, 0.2) is 231 Å². The van der Waals surface area contributed by atoms with Crippen molar-refractivity contribution in [2.24, 2.45) is 0 Å². The smallest absolute Gasteiger partial charge is 0.0625 e. The summed E-state index contributed by atoms with van der Waals surface area (Å²) in [6.45, 7) is 0. The van der Waals surface area contributed by atoms with Crippen molar-refractivity contribution in [2.75, 3.05) is 4.90 Å². The highest BCUT2D eigenvalue weighted by Gasteiger charge is 2.21. The van der Waals surface area contributed by atoms with Gasteiger partial charge >= 0.3 is 0 Å². The van der Waals surface area contributed by atoms with Gasteiger partial charge in [-0.3, -0.25) is 0 Å². The largest absolute Gasteiger partial charge is 0.311 e. The third-order valence-corrected chi connectivity index (χ3v) is 12.3. The van der Waals surface area contributed by atoms with Gasteiger partial charge in [0.2, 0.25) is 0 Å². The zero-order valence-electron chi connectivity index (χ0n) is 32.8. The van der Waals surface area contributed by atoms with Crippen LogP contribution in [0.3, 0.4) is 0 Å². The van der Waals surface area contributed by atoms with E-state index < -0.39 is 0 Å². The molecule has 1 heterocycles. The van der Waals surface area contributed by atoms with E-state index in [1.54, 1.807) is 0 Å². The van der Waals surface area contributed by atoms with Crippen LogP contribution in [-0.2, 0) is 0 Å². The molecular formula is C58H38N2. The van der Waals surface area contributed by atoms with Crippen LogP contribution in [0.25, 0.3) is 92.8 Å². The molecule has 0 fully saturated rings. The Morgan fingerprint density at radius 2 is 0.767 bits per heavy atom. The molecule has 12 rings (SSSR count). The Kier molecular flexibility index (Phi) is 7.89. The predicted molar refractivity (Wildman–Crippen MR) is 256 cm³/mol. The van der Waals surface area contributed by atoms with Crippen LogP contribution in [0.2, 0.25) is 0 Å². The van der Waals surface area contributed by atoms with Crippen LogP contribution < -0.4 is 4.90 Å². The van der Waals surface area contributed by atoms with Crippen molar-refractivity contribution >= 4 is 82.0 Å². The highest BCUT2D eigenvalue weighted by atomic mass is 15.1. The molecule has 0 saturated carbocycles. The maximum absolute atomic E-state index is 2.49. The zero-order chi connectivity index (χ0) is 39.6. The van der Waals surface area contributed by atoms with Crippen molar-refractivity contribution in [3.8, 4) is 27.9 Å². The van der Waals surface area contributed by atoms with E-state index in [-0.39, 0.29) is 0 Å². The fraction of sp³-hybridized carbons (Fsp3) is 0. The molecule has 0 spiro atoms. The molecular weight excluding hydrogens is 725 g/mol. The molecule has 0 bridgehead atoms. The van der Waals surface area contributed by atoms with E-state index in [1.807, 2.05) is 0 Å². The SMILES string of the molecule is c1ccc(N(c2ccccc2)c2ccc(-c3ccc4c5c(-c6ccc7c8ccccc8c8ccccc8c7c6)cc6ccccc6c5n(-c5ccccc5)c4c3)cc2)cc1. The first-order chi connectivity index (χ1) is 29.8. The number of para-hydroxylation sites is 3. The number of anilines is 3. The van der Waals surface area contributed by atoms with Crippen LogP contribution in [0.5, 0.6) is 0 Å². The Bertz CT molecular complexity index is 3490. The highest BCUT2D eigenvalue weighted by Crippen LogP contribution is 2.46. The minimum absolute atomic E-state index is 1.11. The minimum Gasteiger partial charge on any atom is -0.311 e. The molecule has 0 N–H and O–H groups in total. The van der Waals surface area contributed by atoms with Gasteiger partial charge < -0.3 is 9.47 Å². The van der Waals surface area contributed by atoms with Gasteiger partial charge in [0.1, 0.15) is 0 Å². The lowest BCUT2D eigenvalue weighted by Gasteiger charge is -2.25. The molecule has 2 heteroatoms. The van der Waals surface area contributed by atoms with Gasteiger partial charge in [0.15, 0.2) is 0 Å². The number of hydrogen-bond acceptors (Lipinski definition) is 1. The number of hydrogen-bond donors (Lipinski definition) is 0. The molecule has 0 unspecified atom stereocenters. The maximum atomic E-state index is 2.49. The highest BCUT2D eigenvalue weighted by molar-refractivity contribution is 6.28. The molecule has 60 heavy (non-hydrogen) atoms. The second-order valence-corrected chi connectivity index (χ2v) is 15.7. The van der Waals surface area contributed by atoms with Crippen molar-refractivity contribution in [3.05, 3.63) is 231 Å². The van der Waals surface area contributed by atoms with Crippen LogP contribution in [0.4, 0.5) is 17.1 Å². The Morgan fingerprint density at radius 3 is 1.40 bits per heavy atom. The molecule has 0 aliphatic heterocycles. The first-order valence-corrected chi connectivity index (χ1v) is 20.7. The zero-order valence-corrected chi connectivity index (χ0v) is 32.8. The van der Waals surface area contributed by atoms with Crippen molar-refractivity contribution in [1.82, 2.24) is 4.57 Å². The van der Waals surface area contributed by atoms with E-state index in [0.717, 1.165) is 22.7 Å². The molecule has 0 atom stereocenters. The number of aromatic nitrogens is 1. The van der Waals surface area contributed by atoms with Crippen molar-refractivity contribution in [2.45, 2.75) is 0 Å². The van der Waals surface area contributed by atoms with Crippen LogP contribution in [-0.4, -0.2) is 4.57 Å². The minimum atomic E-state index is 1.11. The summed E-state index contributed by atoms with van der Waals surface area (Å²) in [4.78, 5) is 2.31. The molecule has 11 aromatic carbocycles. The molecule has 280 valence electrons. The summed E-state index contributed by atoms with van der Waals surface area (Å²) < 4.78 is 2.49. The van der Waals surface area contributed by atoms with E-state index in [4.69, 9.17) is 0 Å². The van der Waals surface area contributed by atoms with Gasteiger partial charge in [-0.15, -0.1) is 0 Å². The summed E-state index contributed by atoms with van der Waals surface area (Å²) in [5, 5.41) is 12.7. The summed E-state index contributed by atoms with van der Waals surface area (Å²) >= 11 is 0. The third-order valence-electron chi connectivity index (χ3n) is 12.3. The Morgan fingerprint density at radius 1 is 0.300 bits per heavy atom. The average molecular weight is 763 g/mol. The molecule has 0 aliphatic rings. The quantitative estimate of drug-likeness (QED) is 0.153. The fourth-order valence-electron chi connectivity index (χ4n) is 9.61. The molecule has 0 aliphatic carbocycles. The molecule has 0 amide bonds. The van der Waals surface area contributed by atoms with Gasteiger partial charge in [0.25, 0.3) is 0 Å².